The smallest absolute Gasteiger partial charge is 0.173 e. The molecule has 2 aliphatic heterocycles. The van der Waals surface area contributed by atoms with E-state index in [4.69, 9.17) is 4.74 Å². The predicted octanol–water partition coefficient (Wildman–Crippen LogP) is 1.85. The quantitative estimate of drug-likeness (QED) is 0.504. The topological polar surface area (TPSA) is 9.23 Å². The van der Waals surface area contributed by atoms with Crippen LogP contribution >= 0.6 is 11.8 Å². The molecular weight excluding hydrogens is 132 g/mol. The van der Waals surface area contributed by atoms with Crippen molar-refractivity contribution in [2.45, 2.75) is 5.44 Å². The Labute approximate surface area is 58.1 Å². The van der Waals surface area contributed by atoms with E-state index in [2.05, 4.69) is 6.08 Å². The lowest BCUT2D eigenvalue weighted by Crippen LogP contribution is -2.04. The number of rotatable bonds is 0. The van der Waals surface area contributed by atoms with E-state index in [1.807, 2.05) is 11.5 Å². The zero-order valence-electron chi connectivity index (χ0n) is 4.70. The van der Waals surface area contributed by atoms with Gasteiger partial charge in [0.1, 0.15) is 0 Å². The summed E-state index contributed by atoms with van der Waals surface area (Å²) in [6, 6.07) is 0. The van der Waals surface area contributed by atoms with Gasteiger partial charge in [-0.3, -0.25) is 0 Å². The summed E-state index contributed by atoms with van der Waals surface area (Å²) >= 11 is 1.67. The van der Waals surface area contributed by atoms with Crippen molar-refractivity contribution in [1.82, 2.24) is 0 Å². The zero-order valence-corrected chi connectivity index (χ0v) is 5.52. The number of allylic oxidation sites excluding steroid dienone is 2. The molecule has 0 aromatic rings. The van der Waals surface area contributed by atoms with Gasteiger partial charge in [0.05, 0.1) is 6.26 Å². The molecule has 2 heterocycles. The maximum atomic E-state index is 5.22. The number of hydrogen-bond acceptors (Lipinski definition) is 2. The van der Waals surface area contributed by atoms with Crippen molar-refractivity contribution in [3.8, 4) is 0 Å². The van der Waals surface area contributed by atoms with Crippen LogP contribution in [0.15, 0.2) is 29.4 Å². The standard InChI is InChI=1S/C7H5OS/c1-2-6-3-5-9-7(6)8-4-1/h1,3-5,7H. The van der Waals surface area contributed by atoms with Gasteiger partial charge < -0.3 is 4.74 Å². The van der Waals surface area contributed by atoms with Gasteiger partial charge in [0.2, 0.25) is 0 Å². The molecule has 1 unspecified atom stereocenters. The van der Waals surface area contributed by atoms with Crippen LogP contribution < -0.4 is 0 Å². The highest BCUT2D eigenvalue weighted by molar-refractivity contribution is 8.03. The first-order valence-corrected chi connectivity index (χ1v) is 3.67. The molecule has 0 aromatic heterocycles. The van der Waals surface area contributed by atoms with E-state index in [-0.39, 0.29) is 5.44 Å². The van der Waals surface area contributed by atoms with Crippen LogP contribution in [-0.2, 0) is 4.74 Å². The van der Waals surface area contributed by atoms with Crippen molar-refractivity contribution in [3.63, 3.8) is 0 Å². The minimum Gasteiger partial charge on any atom is -0.482 e. The van der Waals surface area contributed by atoms with Gasteiger partial charge in [0, 0.05) is 5.57 Å². The molecule has 0 bridgehead atoms. The predicted molar refractivity (Wildman–Crippen MR) is 37.5 cm³/mol. The van der Waals surface area contributed by atoms with Gasteiger partial charge in [-0.15, -0.1) is 0 Å². The molecule has 45 valence electrons. The van der Waals surface area contributed by atoms with Gasteiger partial charge in [-0.05, 0) is 23.6 Å². The summed E-state index contributed by atoms with van der Waals surface area (Å²) in [4.78, 5) is 0. The Morgan fingerprint density at radius 2 is 2.67 bits per heavy atom. The highest BCUT2D eigenvalue weighted by Crippen LogP contribution is 2.31. The van der Waals surface area contributed by atoms with E-state index in [1.54, 1.807) is 24.1 Å². The minimum absolute atomic E-state index is 0.190. The average molecular weight is 137 g/mol. The Balaban J connectivity index is 2.31. The van der Waals surface area contributed by atoms with Crippen LogP contribution in [0.5, 0.6) is 0 Å². The lowest BCUT2D eigenvalue weighted by molar-refractivity contribution is 0.251. The first-order chi connectivity index (χ1) is 4.47. The monoisotopic (exact) mass is 137 g/mol. The molecule has 2 rings (SSSR count). The fraction of sp³-hybridized carbons (Fsp3) is 0.143. The Hall–Kier alpha value is -0.630. The zero-order chi connectivity index (χ0) is 6.10. The SMILES string of the molecule is [C]1=C2C=CSC2OC=C1. The van der Waals surface area contributed by atoms with Gasteiger partial charge >= 0.3 is 0 Å². The van der Waals surface area contributed by atoms with Crippen molar-refractivity contribution >= 4 is 11.8 Å². The molecule has 0 amide bonds. The van der Waals surface area contributed by atoms with Crippen molar-refractivity contribution in [3.05, 3.63) is 35.5 Å². The van der Waals surface area contributed by atoms with E-state index >= 15 is 0 Å². The van der Waals surface area contributed by atoms with Crippen LogP contribution in [0.3, 0.4) is 0 Å². The van der Waals surface area contributed by atoms with E-state index in [1.165, 1.54) is 0 Å². The summed E-state index contributed by atoms with van der Waals surface area (Å²) in [5.41, 5.74) is 1.33. The van der Waals surface area contributed by atoms with Crippen molar-refractivity contribution in [1.29, 1.82) is 0 Å². The molecule has 0 spiro atoms. The van der Waals surface area contributed by atoms with E-state index in [0.29, 0.717) is 0 Å². The van der Waals surface area contributed by atoms with Crippen molar-refractivity contribution in [2.24, 2.45) is 0 Å². The fourth-order valence-electron chi connectivity index (χ4n) is 0.798. The van der Waals surface area contributed by atoms with Gasteiger partial charge in [-0.2, -0.15) is 0 Å². The largest absolute Gasteiger partial charge is 0.482 e. The summed E-state index contributed by atoms with van der Waals surface area (Å²) < 4.78 is 5.22. The molecule has 2 heteroatoms. The van der Waals surface area contributed by atoms with Crippen LogP contribution in [0.2, 0.25) is 0 Å². The third kappa shape index (κ3) is 0.793. The molecule has 9 heavy (non-hydrogen) atoms. The second-order valence-corrected chi connectivity index (χ2v) is 2.78. The van der Waals surface area contributed by atoms with Gasteiger partial charge in [0.25, 0.3) is 0 Å². The Morgan fingerprint density at radius 3 is 3.56 bits per heavy atom. The van der Waals surface area contributed by atoms with Crippen molar-refractivity contribution < 1.29 is 4.74 Å². The minimum atomic E-state index is 0.190. The summed E-state index contributed by atoms with van der Waals surface area (Å²) in [7, 11) is 0. The van der Waals surface area contributed by atoms with Gasteiger partial charge in [-0.1, -0.05) is 11.8 Å². The van der Waals surface area contributed by atoms with E-state index in [9.17, 15) is 0 Å². The van der Waals surface area contributed by atoms with E-state index in [0.717, 1.165) is 5.57 Å². The first kappa shape index (κ1) is 5.18. The number of ether oxygens (including phenoxy) is 1. The van der Waals surface area contributed by atoms with Crippen molar-refractivity contribution in [2.75, 3.05) is 0 Å². The molecule has 1 atom stereocenters. The molecule has 0 N–H and O–H groups in total. The fourth-order valence-corrected chi connectivity index (χ4v) is 1.59. The summed E-state index contributed by atoms with van der Waals surface area (Å²) in [6.07, 6.45) is 8.58. The molecule has 0 saturated heterocycles. The van der Waals surface area contributed by atoms with Crippen LogP contribution in [0.4, 0.5) is 0 Å². The lowest BCUT2D eigenvalue weighted by atomic mass is 10.2. The highest BCUT2D eigenvalue weighted by atomic mass is 32.2. The summed E-state index contributed by atoms with van der Waals surface area (Å²) in [5.74, 6) is 0. The Kier molecular flexibility index (Phi) is 1.12. The maximum absolute atomic E-state index is 5.22. The molecule has 0 aliphatic carbocycles. The molecule has 0 fully saturated rings. The van der Waals surface area contributed by atoms with Crippen LogP contribution in [-0.4, -0.2) is 5.44 Å². The van der Waals surface area contributed by atoms with E-state index < -0.39 is 0 Å². The molecular formula is C7H5OS. The molecule has 0 aromatic carbocycles. The average Bonchev–Trinajstić information content (AvgIpc) is 2.33. The molecule has 0 saturated carbocycles. The highest BCUT2D eigenvalue weighted by Gasteiger charge is 2.18. The Morgan fingerprint density at radius 1 is 1.67 bits per heavy atom. The Bertz CT molecular complexity index is 203. The van der Waals surface area contributed by atoms with Crippen LogP contribution in [0, 0.1) is 6.08 Å². The second-order valence-electron chi connectivity index (χ2n) is 1.81. The van der Waals surface area contributed by atoms with Crippen LogP contribution in [0.25, 0.3) is 0 Å². The first-order valence-electron chi connectivity index (χ1n) is 2.73. The number of thioether (sulfide) groups is 1. The third-order valence-corrected chi connectivity index (χ3v) is 2.13. The molecule has 2 aliphatic rings. The normalized spacial score (nSPS) is 29.3. The second kappa shape index (κ2) is 1.95. The number of fused-ring (bicyclic) bond motifs is 1. The lowest BCUT2D eigenvalue weighted by Gasteiger charge is -2.12. The van der Waals surface area contributed by atoms with Crippen LogP contribution in [0.1, 0.15) is 0 Å². The summed E-state index contributed by atoms with van der Waals surface area (Å²) in [6.45, 7) is 0. The molecule has 1 radical (unpaired) electrons. The third-order valence-electron chi connectivity index (χ3n) is 1.22. The number of hydrogen-bond donors (Lipinski definition) is 0. The van der Waals surface area contributed by atoms with Gasteiger partial charge in [-0.25, -0.2) is 0 Å². The van der Waals surface area contributed by atoms with Gasteiger partial charge in [0.15, 0.2) is 5.44 Å². The molecule has 1 nitrogen and oxygen atoms in total. The summed E-state index contributed by atoms with van der Waals surface area (Å²) in [5, 5.41) is 2.03. The maximum Gasteiger partial charge on any atom is 0.173 e.